The van der Waals surface area contributed by atoms with Gasteiger partial charge in [0.05, 0.1) is 5.56 Å². The fourth-order valence-electron chi connectivity index (χ4n) is 1.95. The van der Waals surface area contributed by atoms with Gasteiger partial charge in [0, 0.05) is 11.3 Å². The molecular formula is C15H9Cl2FN2S. The summed E-state index contributed by atoms with van der Waals surface area (Å²) in [6, 6.07) is 9.87. The Morgan fingerprint density at radius 1 is 1.00 bits per heavy atom. The zero-order chi connectivity index (χ0) is 14.8. The van der Waals surface area contributed by atoms with Crippen LogP contribution < -0.4 is 0 Å². The molecule has 0 saturated heterocycles. The van der Waals surface area contributed by atoms with Crippen molar-refractivity contribution in [2.24, 2.45) is 0 Å². The topological polar surface area (TPSA) is 25.8 Å². The van der Waals surface area contributed by atoms with Crippen LogP contribution in [0.1, 0.15) is 10.7 Å². The standard InChI is InChI=1S/C15H9Cl2FN2S/c16-14-13(9-3-5-10(18)6-4-9)15(17)20-12(19-14)8-11-2-1-7-21-11/h1-7H,8H2. The molecule has 0 N–H and O–H groups in total. The van der Waals surface area contributed by atoms with Crippen LogP contribution in [0, 0.1) is 5.82 Å². The van der Waals surface area contributed by atoms with E-state index in [0.29, 0.717) is 23.4 Å². The van der Waals surface area contributed by atoms with Gasteiger partial charge in [-0.2, -0.15) is 0 Å². The van der Waals surface area contributed by atoms with Gasteiger partial charge in [-0.1, -0.05) is 41.4 Å². The van der Waals surface area contributed by atoms with Crippen molar-refractivity contribution in [2.75, 3.05) is 0 Å². The van der Waals surface area contributed by atoms with Gasteiger partial charge in [0.15, 0.2) is 0 Å². The van der Waals surface area contributed by atoms with E-state index in [-0.39, 0.29) is 16.1 Å². The molecule has 6 heteroatoms. The third kappa shape index (κ3) is 3.23. The molecule has 2 heterocycles. The number of thiophene rings is 1. The molecule has 2 aromatic heterocycles. The molecule has 0 saturated carbocycles. The minimum atomic E-state index is -0.318. The highest BCUT2D eigenvalue weighted by molar-refractivity contribution is 7.09. The maximum Gasteiger partial charge on any atom is 0.142 e. The number of benzene rings is 1. The van der Waals surface area contributed by atoms with E-state index in [1.54, 1.807) is 23.5 Å². The van der Waals surface area contributed by atoms with Gasteiger partial charge in [-0.25, -0.2) is 14.4 Å². The molecule has 0 amide bonds. The Kier molecular flexibility index (Phi) is 4.19. The van der Waals surface area contributed by atoms with E-state index in [1.807, 2.05) is 17.5 Å². The molecule has 0 bridgehead atoms. The van der Waals surface area contributed by atoms with Crippen molar-refractivity contribution < 1.29 is 4.39 Å². The maximum atomic E-state index is 13.0. The van der Waals surface area contributed by atoms with Crippen LogP contribution in [0.3, 0.4) is 0 Å². The van der Waals surface area contributed by atoms with Gasteiger partial charge >= 0.3 is 0 Å². The minimum Gasteiger partial charge on any atom is -0.220 e. The quantitative estimate of drug-likeness (QED) is 0.610. The fraction of sp³-hybridized carbons (Fsp3) is 0.0667. The number of hydrogen-bond donors (Lipinski definition) is 0. The Morgan fingerprint density at radius 2 is 1.67 bits per heavy atom. The number of aromatic nitrogens is 2. The van der Waals surface area contributed by atoms with Crippen molar-refractivity contribution in [3.8, 4) is 11.1 Å². The molecule has 0 atom stereocenters. The molecule has 0 aliphatic carbocycles. The van der Waals surface area contributed by atoms with E-state index in [1.165, 1.54) is 12.1 Å². The SMILES string of the molecule is Fc1ccc(-c2c(Cl)nc(Cc3cccs3)nc2Cl)cc1. The zero-order valence-corrected chi connectivity index (χ0v) is 13.0. The fourth-order valence-corrected chi connectivity index (χ4v) is 3.29. The molecule has 106 valence electrons. The normalized spacial score (nSPS) is 10.8. The van der Waals surface area contributed by atoms with E-state index in [9.17, 15) is 4.39 Å². The molecule has 0 fully saturated rings. The van der Waals surface area contributed by atoms with Crippen LogP contribution in [-0.2, 0) is 6.42 Å². The summed E-state index contributed by atoms with van der Waals surface area (Å²) in [5.74, 6) is 0.250. The highest BCUT2D eigenvalue weighted by Gasteiger charge is 2.14. The molecule has 0 spiro atoms. The summed E-state index contributed by atoms with van der Waals surface area (Å²) in [6.45, 7) is 0. The van der Waals surface area contributed by atoms with Gasteiger partial charge in [0.1, 0.15) is 21.9 Å². The van der Waals surface area contributed by atoms with Gasteiger partial charge in [-0.15, -0.1) is 11.3 Å². The maximum absolute atomic E-state index is 13.0. The van der Waals surface area contributed by atoms with Crippen molar-refractivity contribution >= 4 is 34.5 Å². The summed E-state index contributed by atoms with van der Waals surface area (Å²) >= 11 is 14.1. The van der Waals surface area contributed by atoms with Crippen molar-refractivity contribution in [1.29, 1.82) is 0 Å². The second-order valence-corrected chi connectivity index (χ2v) is 6.11. The first-order valence-electron chi connectivity index (χ1n) is 6.14. The predicted molar refractivity (Wildman–Crippen MR) is 84.6 cm³/mol. The summed E-state index contributed by atoms with van der Waals surface area (Å²) in [5, 5.41) is 2.53. The van der Waals surface area contributed by atoms with Crippen molar-refractivity contribution in [2.45, 2.75) is 6.42 Å². The number of halogens is 3. The lowest BCUT2D eigenvalue weighted by Gasteiger charge is -2.08. The van der Waals surface area contributed by atoms with E-state index in [2.05, 4.69) is 9.97 Å². The molecule has 0 radical (unpaired) electrons. The predicted octanol–water partition coefficient (Wildman–Crippen LogP) is 5.24. The van der Waals surface area contributed by atoms with E-state index in [4.69, 9.17) is 23.2 Å². The van der Waals surface area contributed by atoms with Gasteiger partial charge in [0.2, 0.25) is 0 Å². The Hall–Kier alpha value is -1.49. The summed E-state index contributed by atoms with van der Waals surface area (Å²) in [6.07, 6.45) is 0.584. The molecule has 2 nitrogen and oxygen atoms in total. The lowest BCUT2D eigenvalue weighted by Crippen LogP contribution is -1.99. The summed E-state index contributed by atoms with van der Waals surface area (Å²) in [4.78, 5) is 9.72. The second kappa shape index (κ2) is 6.10. The van der Waals surface area contributed by atoms with E-state index >= 15 is 0 Å². The number of rotatable bonds is 3. The lowest BCUT2D eigenvalue weighted by molar-refractivity contribution is 0.628. The molecule has 1 aromatic carbocycles. The van der Waals surface area contributed by atoms with Gasteiger partial charge in [-0.3, -0.25) is 0 Å². The highest BCUT2D eigenvalue weighted by atomic mass is 35.5. The van der Waals surface area contributed by atoms with Gasteiger partial charge in [0.25, 0.3) is 0 Å². The molecule has 3 aromatic rings. The van der Waals surface area contributed by atoms with Crippen LogP contribution in [-0.4, -0.2) is 9.97 Å². The monoisotopic (exact) mass is 338 g/mol. The third-order valence-corrected chi connectivity index (χ3v) is 4.34. The first-order chi connectivity index (χ1) is 10.1. The van der Waals surface area contributed by atoms with Crippen molar-refractivity contribution in [3.05, 3.63) is 68.6 Å². The number of hydrogen-bond acceptors (Lipinski definition) is 3. The Balaban J connectivity index is 1.98. The molecular weight excluding hydrogens is 330 g/mol. The van der Waals surface area contributed by atoms with Crippen LogP contribution in [0.2, 0.25) is 10.3 Å². The number of nitrogens with zero attached hydrogens (tertiary/aromatic N) is 2. The van der Waals surface area contributed by atoms with Crippen molar-refractivity contribution in [1.82, 2.24) is 9.97 Å². The van der Waals surface area contributed by atoms with Crippen LogP contribution in [0.15, 0.2) is 41.8 Å². The molecule has 0 aliphatic rings. The first kappa shape index (κ1) is 14.4. The Bertz CT molecular complexity index is 735. The molecule has 3 rings (SSSR count). The van der Waals surface area contributed by atoms with E-state index in [0.717, 1.165) is 4.88 Å². The first-order valence-corrected chi connectivity index (χ1v) is 7.77. The average Bonchev–Trinajstić information content (AvgIpc) is 2.93. The zero-order valence-electron chi connectivity index (χ0n) is 10.7. The highest BCUT2D eigenvalue weighted by Crippen LogP contribution is 2.32. The summed E-state index contributed by atoms with van der Waals surface area (Å²) < 4.78 is 13.0. The minimum absolute atomic E-state index is 0.271. The molecule has 0 unspecified atom stereocenters. The van der Waals surface area contributed by atoms with Gasteiger partial charge in [-0.05, 0) is 29.1 Å². The molecule has 21 heavy (non-hydrogen) atoms. The van der Waals surface area contributed by atoms with E-state index < -0.39 is 0 Å². The Morgan fingerprint density at radius 3 is 2.24 bits per heavy atom. The Labute approximate surface area is 135 Å². The second-order valence-electron chi connectivity index (χ2n) is 4.36. The largest absolute Gasteiger partial charge is 0.220 e. The van der Waals surface area contributed by atoms with Crippen LogP contribution in [0.4, 0.5) is 4.39 Å². The van der Waals surface area contributed by atoms with Gasteiger partial charge < -0.3 is 0 Å². The van der Waals surface area contributed by atoms with Crippen LogP contribution in [0.5, 0.6) is 0 Å². The van der Waals surface area contributed by atoms with Crippen LogP contribution in [0.25, 0.3) is 11.1 Å². The third-order valence-electron chi connectivity index (χ3n) is 2.91. The smallest absolute Gasteiger partial charge is 0.142 e. The molecule has 0 aliphatic heterocycles. The summed E-state index contributed by atoms with van der Waals surface area (Å²) in [7, 11) is 0. The average molecular weight is 339 g/mol. The summed E-state index contributed by atoms with van der Waals surface area (Å²) in [5.41, 5.74) is 1.21. The lowest BCUT2D eigenvalue weighted by atomic mass is 10.1. The van der Waals surface area contributed by atoms with Crippen molar-refractivity contribution in [3.63, 3.8) is 0 Å². The van der Waals surface area contributed by atoms with Crippen LogP contribution >= 0.6 is 34.5 Å².